The fourth-order valence-electron chi connectivity index (χ4n) is 8.82. The van der Waals surface area contributed by atoms with E-state index in [2.05, 4.69) is 119 Å². The van der Waals surface area contributed by atoms with Gasteiger partial charge in [0, 0.05) is 0 Å². The number of hydrogen-bond acceptors (Lipinski definition) is 8. The van der Waals surface area contributed by atoms with Crippen molar-refractivity contribution in [1.29, 1.82) is 0 Å². The molecule has 0 amide bonds. The van der Waals surface area contributed by atoms with Gasteiger partial charge in [-0.05, 0) is 130 Å². The predicted molar refractivity (Wildman–Crippen MR) is 298 cm³/mol. The van der Waals surface area contributed by atoms with Gasteiger partial charge in [0.2, 0.25) is 0 Å². The van der Waals surface area contributed by atoms with E-state index in [9.17, 15) is 19.2 Å². The minimum atomic E-state index is -0.878. The zero-order valence-corrected chi connectivity index (χ0v) is 43.4. The summed E-state index contributed by atoms with van der Waals surface area (Å²) in [6.07, 6.45) is 4.41. The van der Waals surface area contributed by atoms with Crippen LogP contribution in [0.4, 0.5) is 0 Å². The molecule has 4 aromatic carbocycles. The second kappa shape index (κ2) is 27.0. The number of hydrogen-bond donors (Lipinski definition) is 4. The Hall–Kier alpha value is -6.04. The van der Waals surface area contributed by atoms with Gasteiger partial charge in [-0.25, -0.2) is 9.59 Å². The number of aryl methyl sites for hydroxylation is 4. The predicted octanol–water partition coefficient (Wildman–Crippen LogP) is 14.4. The molecular formula is C62H92O12. The molecule has 8 rings (SSSR count). The molecule has 4 atom stereocenters. The zero-order chi connectivity index (χ0) is 51.9. The highest BCUT2D eigenvalue weighted by Crippen LogP contribution is 2.40. The van der Waals surface area contributed by atoms with Gasteiger partial charge in [0.15, 0.2) is 12.2 Å². The second-order valence-corrected chi connectivity index (χ2v) is 23.0. The molecule has 0 saturated heterocycles. The van der Waals surface area contributed by atoms with Crippen molar-refractivity contribution in [3.8, 4) is 23.0 Å². The van der Waals surface area contributed by atoms with Crippen molar-refractivity contribution in [3.05, 3.63) is 117 Å². The third kappa shape index (κ3) is 18.1. The molecule has 0 fully saturated rings. The Morgan fingerprint density at radius 2 is 0.838 bits per heavy atom. The lowest BCUT2D eigenvalue weighted by atomic mass is 9.83. The van der Waals surface area contributed by atoms with E-state index in [4.69, 9.17) is 39.4 Å². The molecule has 0 saturated carbocycles. The molecule has 4 aromatic rings. The van der Waals surface area contributed by atoms with Gasteiger partial charge in [0.1, 0.15) is 35.2 Å². The molecular weight excluding hydrogens is 937 g/mol. The largest absolute Gasteiger partial charge is 0.490 e. The number of rotatable bonds is 6. The van der Waals surface area contributed by atoms with E-state index in [1.165, 1.54) is 22.3 Å². The Morgan fingerprint density at radius 1 is 0.432 bits per heavy atom. The fraction of sp³-hybridized carbons (Fsp3) is 0.548. The Kier molecular flexibility index (Phi) is 24.0. The molecule has 0 bridgehead atoms. The zero-order valence-electron chi connectivity index (χ0n) is 43.4. The van der Waals surface area contributed by atoms with E-state index < -0.39 is 36.1 Å². The van der Waals surface area contributed by atoms with Crippen molar-refractivity contribution in [2.24, 2.45) is 0 Å². The maximum Gasteiger partial charge on any atom is 0.344 e. The molecule has 4 aliphatic heterocycles. The van der Waals surface area contributed by atoms with Crippen LogP contribution in [-0.4, -0.2) is 68.7 Å². The summed E-state index contributed by atoms with van der Waals surface area (Å²) in [4.78, 5) is 43.4. The van der Waals surface area contributed by atoms with Crippen LogP contribution in [0, 0.1) is 0 Å². The third-order valence-corrected chi connectivity index (χ3v) is 13.0. The lowest BCUT2D eigenvalue weighted by molar-refractivity contribution is -0.146. The number of fused-ring (bicyclic) bond motifs is 4. The first kappa shape index (κ1) is 66.0. The number of ether oxygens (including phenoxy) is 4. The summed E-state index contributed by atoms with van der Waals surface area (Å²) in [5.41, 5.74) is 9.49. The lowest BCUT2D eigenvalue weighted by Crippen LogP contribution is -2.32. The molecule has 74 heavy (non-hydrogen) atoms. The van der Waals surface area contributed by atoms with E-state index in [0.29, 0.717) is 12.8 Å². The first-order valence-corrected chi connectivity index (χ1v) is 24.6. The average Bonchev–Trinajstić information content (AvgIpc) is 3.26. The van der Waals surface area contributed by atoms with Gasteiger partial charge in [-0.2, -0.15) is 0 Å². The summed E-state index contributed by atoms with van der Waals surface area (Å²) >= 11 is 0. The summed E-state index contributed by atoms with van der Waals surface area (Å²) in [5.74, 6) is -0.0830. The van der Waals surface area contributed by atoms with E-state index >= 15 is 0 Å². The number of carboxylic acids is 4. The normalized spacial score (nSPS) is 18.1. The highest BCUT2D eigenvalue weighted by Gasteiger charge is 2.32. The average molecular weight is 1030 g/mol. The molecule has 0 radical (unpaired) electrons. The first-order chi connectivity index (χ1) is 32.5. The van der Waals surface area contributed by atoms with E-state index in [1.54, 1.807) is 0 Å². The highest BCUT2D eigenvalue weighted by molar-refractivity contribution is 5.74. The summed E-state index contributed by atoms with van der Waals surface area (Å²) in [6.45, 7) is 25.7. The van der Waals surface area contributed by atoms with Gasteiger partial charge in [-0.1, -0.05) is 173 Å². The SMILES string of the molecule is C.C.C.C.CC(C)(C)c1ccc2c(c1)CCC(CC(=O)O)O2.CC(C)(C)c1ccc2c(c1)OC(C(=O)O)CC2.CC(C)(C)c1cccc2c1OC(C(=O)O)CC2.CC(C)(C)c1cccc2c1OC(CC(=O)O)CC2. The molecule has 412 valence electrons. The smallest absolute Gasteiger partial charge is 0.344 e. The third-order valence-electron chi connectivity index (χ3n) is 13.0. The maximum atomic E-state index is 11.0. The minimum absolute atomic E-state index is 0. The first-order valence-electron chi connectivity index (χ1n) is 24.6. The molecule has 12 heteroatoms. The van der Waals surface area contributed by atoms with Crippen LogP contribution in [0.3, 0.4) is 0 Å². The Bertz CT molecular complexity index is 2490. The van der Waals surface area contributed by atoms with E-state index in [-0.39, 0.29) is 76.4 Å². The number of benzene rings is 4. The minimum Gasteiger partial charge on any atom is -0.490 e. The van der Waals surface area contributed by atoms with Crippen LogP contribution < -0.4 is 18.9 Å². The lowest BCUT2D eigenvalue weighted by Gasteiger charge is -2.31. The van der Waals surface area contributed by atoms with E-state index in [1.807, 2.05) is 36.4 Å². The molecule has 0 aliphatic carbocycles. The molecule has 12 nitrogen and oxygen atoms in total. The number of carboxylic acid groups (broad SMARTS) is 4. The van der Waals surface area contributed by atoms with Crippen LogP contribution in [0.25, 0.3) is 0 Å². The molecule has 0 spiro atoms. The molecule has 0 aromatic heterocycles. The van der Waals surface area contributed by atoms with Gasteiger partial charge in [0.25, 0.3) is 0 Å². The van der Waals surface area contributed by atoms with Crippen molar-refractivity contribution in [2.75, 3.05) is 0 Å². The topological polar surface area (TPSA) is 186 Å². The van der Waals surface area contributed by atoms with E-state index in [0.717, 1.165) is 83.8 Å². The van der Waals surface area contributed by atoms with Crippen LogP contribution in [0.2, 0.25) is 0 Å². The molecule has 4 unspecified atom stereocenters. The van der Waals surface area contributed by atoms with Crippen LogP contribution >= 0.6 is 0 Å². The van der Waals surface area contributed by atoms with Crippen molar-refractivity contribution >= 4 is 23.9 Å². The second-order valence-electron chi connectivity index (χ2n) is 23.0. The van der Waals surface area contributed by atoms with Gasteiger partial charge in [0.05, 0.1) is 12.8 Å². The van der Waals surface area contributed by atoms with Crippen LogP contribution in [0.15, 0.2) is 72.8 Å². The molecule has 4 heterocycles. The number of para-hydroxylation sites is 2. The standard InChI is InChI=1S/2C15H20O3.2C14H18O3.4CH4/c1-15(2,3)11-5-7-13-10(8-11)4-6-12(18-13)9-14(16)17;1-15(2,3)12-6-4-5-10-7-8-11(9-13(16)17)18-14(10)12;1-14(2,3)10-6-4-9-5-7-11(13(15)16)17-12(9)8-10;1-14(2,3)10-6-4-5-9-7-8-11(13(15)16)17-12(9)10;;;;/h5,7-8,12H,4,6,9H2,1-3H3,(H,16,17);4-6,11H,7-9H2,1-3H3,(H,16,17);4,6,8,11H,5,7H2,1-3H3,(H,15,16);4-6,11H,7-8H2,1-3H3,(H,15,16);4*1H4. The van der Waals surface area contributed by atoms with Crippen LogP contribution in [0.1, 0.15) is 196 Å². The summed E-state index contributed by atoms with van der Waals surface area (Å²) in [7, 11) is 0. The Labute approximate surface area is 444 Å². The fourth-order valence-corrected chi connectivity index (χ4v) is 8.82. The summed E-state index contributed by atoms with van der Waals surface area (Å²) in [6, 6.07) is 24.6. The summed E-state index contributed by atoms with van der Waals surface area (Å²) in [5, 5.41) is 35.6. The summed E-state index contributed by atoms with van der Waals surface area (Å²) < 4.78 is 22.8. The van der Waals surface area contributed by atoms with Gasteiger partial charge in [-0.15, -0.1) is 0 Å². The van der Waals surface area contributed by atoms with Gasteiger partial charge >= 0.3 is 23.9 Å². The monoisotopic (exact) mass is 1030 g/mol. The number of aliphatic carboxylic acids is 4. The van der Waals surface area contributed by atoms with Crippen molar-refractivity contribution in [3.63, 3.8) is 0 Å². The van der Waals surface area contributed by atoms with Crippen molar-refractivity contribution in [1.82, 2.24) is 0 Å². The van der Waals surface area contributed by atoms with Crippen LogP contribution in [0.5, 0.6) is 23.0 Å². The molecule has 4 aliphatic rings. The quantitative estimate of drug-likeness (QED) is 0.143. The van der Waals surface area contributed by atoms with Crippen LogP contribution in [-0.2, 0) is 66.5 Å². The maximum absolute atomic E-state index is 11.0. The Morgan fingerprint density at radius 3 is 1.30 bits per heavy atom. The van der Waals surface area contributed by atoms with Crippen molar-refractivity contribution < 1.29 is 58.6 Å². The highest BCUT2D eigenvalue weighted by atomic mass is 16.5. The van der Waals surface area contributed by atoms with Gasteiger partial charge in [-0.3, -0.25) is 9.59 Å². The van der Waals surface area contributed by atoms with Crippen molar-refractivity contribution in [2.45, 2.75) is 223 Å². The number of carbonyl (C=O) groups is 4. The van der Waals surface area contributed by atoms with Gasteiger partial charge < -0.3 is 39.4 Å². The molecule has 4 N–H and O–H groups in total. The Balaban J connectivity index is 0.000000485.